The van der Waals surface area contributed by atoms with Crippen molar-refractivity contribution in [3.63, 3.8) is 0 Å². The average Bonchev–Trinajstić information content (AvgIpc) is 2.63. The van der Waals surface area contributed by atoms with Gasteiger partial charge in [-0.3, -0.25) is 9.88 Å². The minimum absolute atomic E-state index is 0.913. The van der Waals surface area contributed by atoms with Gasteiger partial charge in [0.1, 0.15) is 11.6 Å². The third-order valence-corrected chi connectivity index (χ3v) is 4.05. The third kappa shape index (κ3) is 4.07. The summed E-state index contributed by atoms with van der Waals surface area (Å²) in [5.74, 6) is 1.88. The van der Waals surface area contributed by atoms with Crippen molar-refractivity contribution in [3.8, 4) is 5.75 Å². The molecule has 3 rings (SSSR count). The monoisotopic (exact) mass is 310 g/mol. The molecule has 5 heteroatoms. The van der Waals surface area contributed by atoms with Gasteiger partial charge in [-0.15, -0.1) is 0 Å². The molecule has 0 radical (unpaired) electrons. The lowest BCUT2D eigenvalue weighted by atomic mass is 10.2. The summed E-state index contributed by atoms with van der Waals surface area (Å²) < 4.78 is 5.37. The summed E-state index contributed by atoms with van der Waals surface area (Å²) in [5, 5.41) is 0. The highest BCUT2D eigenvalue weighted by Gasteiger charge is 2.16. The zero-order chi connectivity index (χ0) is 15.9. The van der Waals surface area contributed by atoms with Gasteiger partial charge in [0.15, 0.2) is 0 Å². The first kappa shape index (κ1) is 15.5. The molecule has 0 spiro atoms. The number of methoxy groups -OCH3 is 1. The molecule has 0 amide bonds. The molecular weight excluding hydrogens is 288 g/mol. The first-order valence-electron chi connectivity index (χ1n) is 7.89. The van der Waals surface area contributed by atoms with Crippen LogP contribution in [-0.2, 0) is 0 Å². The second kappa shape index (κ2) is 7.74. The summed E-state index contributed by atoms with van der Waals surface area (Å²) >= 11 is 0. The molecule has 1 aromatic carbocycles. The number of piperazine rings is 1. The van der Waals surface area contributed by atoms with Gasteiger partial charge >= 0.3 is 0 Å². The lowest BCUT2D eigenvalue weighted by Crippen LogP contribution is -2.46. The van der Waals surface area contributed by atoms with Crippen LogP contribution in [0, 0.1) is 0 Å². The maximum Gasteiger partial charge on any atom is 0.147 e. The number of nitrogens with zero attached hydrogens (tertiary/aromatic N) is 4. The van der Waals surface area contributed by atoms with Crippen LogP contribution in [0.25, 0.3) is 6.08 Å². The van der Waals surface area contributed by atoms with E-state index in [4.69, 9.17) is 4.74 Å². The third-order valence-electron chi connectivity index (χ3n) is 4.05. The minimum atomic E-state index is 0.913. The summed E-state index contributed by atoms with van der Waals surface area (Å²) in [6.07, 6.45) is 9.63. The number of para-hydroxylation sites is 1. The fourth-order valence-corrected chi connectivity index (χ4v) is 2.75. The molecule has 1 fully saturated rings. The molecule has 0 saturated carbocycles. The molecule has 0 unspecified atom stereocenters. The molecule has 2 aromatic rings. The fraction of sp³-hybridized carbons (Fsp3) is 0.333. The number of ether oxygens (including phenoxy) is 1. The number of rotatable bonds is 5. The van der Waals surface area contributed by atoms with Crippen LogP contribution in [0.15, 0.2) is 48.9 Å². The van der Waals surface area contributed by atoms with E-state index in [1.165, 1.54) is 0 Å². The van der Waals surface area contributed by atoms with Crippen LogP contribution in [0.2, 0.25) is 0 Å². The predicted molar refractivity (Wildman–Crippen MR) is 92.7 cm³/mol. The molecule has 1 aromatic heterocycles. The summed E-state index contributed by atoms with van der Waals surface area (Å²) in [5.41, 5.74) is 1.12. The molecule has 1 aliphatic rings. The second-order valence-electron chi connectivity index (χ2n) is 5.50. The summed E-state index contributed by atoms with van der Waals surface area (Å²) in [6.45, 7) is 4.99. The van der Waals surface area contributed by atoms with Crippen LogP contribution in [0.4, 0.5) is 5.82 Å². The molecule has 23 heavy (non-hydrogen) atoms. The predicted octanol–water partition coefficient (Wildman–Crippen LogP) is 2.32. The standard InChI is InChI=1S/C18H22N4O/c1-23-17-7-3-2-5-16(17)6-4-10-21-11-13-22(14-12-21)18-15-19-8-9-20-18/h2-9,15H,10-14H2,1H3. The molecule has 0 N–H and O–H groups in total. The maximum absolute atomic E-state index is 5.37. The quantitative estimate of drug-likeness (QED) is 0.848. The van der Waals surface area contributed by atoms with Gasteiger partial charge in [-0.1, -0.05) is 30.4 Å². The lowest BCUT2D eigenvalue weighted by molar-refractivity contribution is 0.283. The number of aromatic nitrogens is 2. The minimum Gasteiger partial charge on any atom is -0.496 e. The van der Waals surface area contributed by atoms with Crippen molar-refractivity contribution in [3.05, 3.63) is 54.5 Å². The van der Waals surface area contributed by atoms with Crippen molar-refractivity contribution >= 4 is 11.9 Å². The Balaban J connectivity index is 1.50. The van der Waals surface area contributed by atoms with E-state index in [0.29, 0.717) is 0 Å². The summed E-state index contributed by atoms with van der Waals surface area (Å²) in [7, 11) is 1.71. The largest absolute Gasteiger partial charge is 0.496 e. The lowest BCUT2D eigenvalue weighted by Gasteiger charge is -2.34. The van der Waals surface area contributed by atoms with Crippen molar-refractivity contribution in [2.75, 3.05) is 44.7 Å². The fourth-order valence-electron chi connectivity index (χ4n) is 2.75. The Kier molecular flexibility index (Phi) is 5.21. The van der Waals surface area contributed by atoms with Gasteiger partial charge in [0.2, 0.25) is 0 Å². The Morgan fingerprint density at radius 2 is 1.96 bits per heavy atom. The van der Waals surface area contributed by atoms with Gasteiger partial charge in [-0.25, -0.2) is 4.98 Å². The van der Waals surface area contributed by atoms with Gasteiger partial charge in [0.05, 0.1) is 13.3 Å². The van der Waals surface area contributed by atoms with E-state index >= 15 is 0 Å². The summed E-state index contributed by atoms with van der Waals surface area (Å²) in [4.78, 5) is 13.2. The number of hydrogen-bond donors (Lipinski definition) is 0. The van der Waals surface area contributed by atoms with Crippen LogP contribution >= 0.6 is 0 Å². The van der Waals surface area contributed by atoms with E-state index in [1.807, 2.05) is 24.4 Å². The Bertz CT molecular complexity index is 636. The van der Waals surface area contributed by atoms with Gasteiger partial charge in [-0.2, -0.15) is 0 Å². The van der Waals surface area contributed by atoms with Crippen LogP contribution in [0.3, 0.4) is 0 Å². The van der Waals surface area contributed by atoms with E-state index in [1.54, 1.807) is 19.5 Å². The van der Waals surface area contributed by atoms with Gasteiger partial charge in [0.25, 0.3) is 0 Å². The summed E-state index contributed by atoms with van der Waals surface area (Å²) in [6, 6.07) is 8.07. The Morgan fingerprint density at radius 1 is 1.13 bits per heavy atom. The van der Waals surface area contributed by atoms with E-state index in [2.05, 4.69) is 38.0 Å². The van der Waals surface area contributed by atoms with Crippen LogP contribution in [-0.4, -0.2) is 54.7 Å². The topological polar surface area (TPSA) is 41.5 Å². The second-order valence-corrected chi connectivity index (χ2v) is 5.50. The highest BCUT2D eigenvalue weighted by atomic mass is 16.5. The molecule has 0 atom stereocenters. The molecule has 0 bridgehead atoms. The van der Waals surface area contributed by atoms with E-state index < -0.39 is 0 Å². The maximum atomic E-state index is 5.37. The van der Waals surface area contributed by atoms with Gasteiger partial charge in [-0.05, 0) is 6.07 Å². The molecule has 5 nitrogen and oxygen atoms in total. The Labute approximate surface area is 137 Å². The van der Waals surface area contributed by atoms with Crippen LogP contribution < -0.4 is 9.64 Å². The molecule has 0 aliphatic carbocycles. The van der Waals surface area contributed by atoms with Gasteiger partial charge in [0, 0.05) is 50.7 Å². The Morgan fingerprint density at radius 3 is 2.70 bits per heavy atom. The smallest absolute Gasteiger partial charge is 0.147 e. The highest BCUT2D eigenvalue weighted by molar-refractivity contribution is 5.57. The van der Waals surface area contributed by atoms with Crippen molar-refractivity contribution in [2.24, 2.45) is 0 Å². The molecule has 2 heterocycles. The van der Waals surface area contributed by atoms with Crippen LogP contribution in [0.5, 0.6) is 5.75 Å². The Hall–Kier alpha value is -2.40. The first-order valence-corrected chi connectivity index (χ1v) is 7.89. The van der Waals surface area contributed by atoms with Crippen molar-refractivity contribution in [1.29, 1.82) is 0 Å². The number of anilines is 1. The van der Waals surface area contributed by atoms with Crippen molar-refractivity contribution in [2.45, 2.75) is 0 Å². The van der Waals surface area contributed by atoms with Crippen molar-refractivity contribution in [1.82, 2.24) is 14.9 Å². The highest BCUT2D eigenvalue weighted by Crippen LogP contribution is 2.18. The zero-order valence-electron chi connectivity index (χ0n) is 13.4. The number of hydrogen-bond acceptors (Lipinski definition) is 5. The molecule has 1 aliphatic heterocycles. The normalized spacial score (nSPS) is 16.0. The molecular formula is C18H22N4O. The first-order chi connectivity index (χ1) is 11.4. The SMILES string of the molecule is COc1ccccc1C=CCN1CCN(c2cnccn2)CC1. The van der Waals surface area contributed by atoms with E-state index in [9.17, 15) is 0 Å². The van der Waals surface area contributed by atoms with Gasteiger partial charge < -0.3 is 9.64 Å². The van der Waals surface area contributed by atoms with Crippen LogP contribution in [0.1, 0.15) is 5.56 Å². The molecule has 120 valence electrons. The number of benzene rings is 1. The molecule has 1 saturated heterocycles. The zero-order valence-corrected chi connectivity index (χ0v) is 13.4. The van der Waals surface area contributed by atoms with E-state index in [-0.39, 0.29) is 0 Å². The van der Waals surface area contributed by atoms with Crippen molar-refractivity contribution < 1.29 is 4.74 Å². The van der Waals surface area contributed by atoms with E-state index in [0.717, 1.165) is 49.9 Å². The average molecular weight is 310 g/mol.